The Morgan fingerprint density at radius 1 is 1.30 bits per heavy atom. The fourth-order valence-corrected chi connectivity index (χ4v) is 3.25. The number of primary amides is 1. The highest BCUT2D eigenvalue weighted by Gasteiger charge is 2.31. The van der Waals surface area contributed by atoms with Gasteiger partial charge in [-0.2, -0.15) is 0 Å². The maximum atomic E-state index is 11.3. The van der Waals surface area contributed by atoms with Crippen molar-refractivity contribution < 1.29 is 15.0 Å². The van der Waals surface area contributed by atoms with Crippen molar-refractivity contribution in [1.29, 1.82) is 0 Å². The molecule has 4 N–H and O–H groups in total. The molecule has 1 saturated carbocycles. The van der Waals surface area contributed by atoms with Crippen LogP contribution in [0.1, 0.15) is 58.6 Å². The number of carbonyl (C=O) groups is 1. The third-order valence-electron chi connectivity index (χ3n) is 4.02. The SMILES string of the molecule is CC.CC(C)(O)O.Cc1c(Cl)nc2c(ncn2C2CCC(C(N)=O)C2)c1Cl. The molecule has 1 aliphatic rings. The predicted octanol–water partition coefficient (Wildman–Crippen LogP) is 3.61. The number of hydrogen-bond acceptors (Lipinski definition) is 5. The summed E-state index contributed by atoms with van der Waals surface area (Å²) in [6.07, 6.45) is 4.11. The van der Waals surface area contributed by atoms with Gasteiger partial charge in [0, 0.05) is 17.5 Å². The van der Waals surface area contributed by atoms with Crippen molar-refractivity contribution in [3.05, 3.63) is 22.1 Å². The second-order valence-electron chi connectivity index (χ2n) is 6.73. The lowest BCUT2D eigenvalue weighted by Crippen LogP contribution is -2.21. The molecule has 0 radical (unpaired) electrons. The number of aromatic nitrogens is 3. The van der Waals surface area contributed by atoms with Crippen LogP contribution >= 0.6 is 23.2 Å². The molecule has 9 heteroatoms. The van der Waals surface area contributed by atoms with E-state index in [0.29, 0.717) is 27.8 Å². The molecule has 2 unspecified atom stereocenters. The van der Waals surface area contributed by atoms with Crippen LogP contribution in [0.2, 0.25) is 10.2 Å². The minimum atomic E-state index is -1.50. The van der Waals surface area contributed by atoms with Crippen LogP contribution in [-0.2, 0) is 4.79 Å². The Balaban J connectivity index is 0.000000454. The fourth-order valence-electron chi connectivity index (χ4n) is 2.80. The van der Waals surface area contributed by atoms with Gasteiger partial charge in [-0.15, -0.1) is 0 Å². The Morgan fingerprint density at radius 2 is 1.85 bits per heavy atom. The molecule has 1 aliphatic carbocycles. The highest BCUT2D eigenvalue weighted by atomic mass is 35.5. The van der Waals surface area contributed by atoms with Crippen molar-refractivity contribution in [2.75, 3.05) is 0 Å². The number of nitrogens with two attached hydrogens (primary N) is 1. The molecule has 0 bridgehead atoms. The summed E-state index contributed by atoms with van der Waals surface area (Å²) in [6.45, 7) is 8.41. The lowest BCUT2D eigenvalue weighted by atomic mass is 10.1. The Hall–Kier alpha value is -1.41. The normalized spacial score (nSPS) is 19.1. The van der Waals surface area contributed by atoms with Crippen LogP contribution in [0.15, 0.2) is 6.33 Å². The minimum Gasteiger partial charge on any atom is -0.369 e. The summed E-state index contributed by atoms with van der Waals surface area (Å²) in [5, 5.41) is 17.1. The topological polar surface area (TPSA) is 114 Å². The van der Waals surface area contributed by atoms with Crippen molar-refractivity contribution >= 4 is 40.3 Å². The molecule has 2 aromatic heterocycles. The molecule has 152 valence electrons. The zero-order valence-corrected chi connectivity index (χ0v) is 17.8. The molecule has 3 rings (SSSR count). The monoisotopic (exact) mass is 418 g/mol. The number of fused-ring (bicyclic) bond motifs is 1. The molecule has 0 aromatic carbocycles. The number of nitrogens with zero attached hydrogens (tertiary/aromatic N) is 3. The second-order valence-corrected chi connectivity index (χ2v) is 7.46. The molecule has 0 saturated heterocycles. The van der Waals surface area contributed by atoms with Gasteiger partial charge in [-0.1, -0.05) is 37.0 Å². The predicted molar refractivity (Wildman–Crippen MR) is 108 cm³/mol. The van der Waals surface area contributed by atoms with Gasteiger partial charge >= 0.3 is 0 Å². The third kappa shape index (κ3) is 6.31. The lowest BCUT2D eigenvalue weighted by Gasteiger charge is -2.13. The van der Waals surface area contributed by atoms with Gasteiger partial charge in [-0.25, -0.2) is 9.97 Å². The molecule has 0 aliphatic heterocycles. The van der Waals surface area contributed by atoms with Crippen molar-refractivity contribution in [3.63, 3.8) is 0 Å². The molecular weight excluding hydrogens is 391 g/mol. The maximum absolute atomic E-state index is 11.3. The van der Waals surface area contributed by atoms with Crippen molar-refractivity contribution in [3.8, 4) is 0 Å². The van der Waals surface area contributed by atoms with E-state index in [0.717, 1.165) is 18.4 Å². The average molecular weight is 419 g/mol. The van der Waals surface area contributed by atoms with E-state index in [1.807, 2.05) is 25.3 Å². The first-order valence-electron chi connectivity index (χ1n) is 8.91. The van der Waals surface area contributed by atoms with E-state index in [9.17, 15) is 4.79 Å². The highest BCUT2D eigenvalue weighted by Crippen LogP contribution is 2.37. The van der Waals surface area contributed by atoms with Crippen molar-refractivity contribution in [2.24, 2.45) is 11.7 Å². The van der Waals surface area contributed by atoms with Crippen LogP contribution in [0.5, 0.6) is 0 Å². The zero-order chi connectivity index (χ0) is 20.9. The Labute approximate surface area is 169 Å². The number of carbonyl (C=O) groups excluding carboxylic acids is 1. The van der Waals surface area contributed by atoms with E-state index in [1.165, 1.54) is 13.8 Å². The number of imidazole rings is 1. The number of pyridine rings is 1. The Kier molecular flexibility index (Phi) is 8.48. The zero-order valence-electron chi connectivity index (χ0n) is 16.3. The third-order valence-corrected chi connectivity index (χ3v) is 4.85. The van der Waals surface area contributed by atoms with E-state index < -0.39 is 5.79 Å². The van der Waals surface area contributed by atoms with Gasteiger partial charge in [-0.05, 0) is 40.0 Å². The first-order valence-corrected chi connectivity index (χ1v) is 9.66. The molecule has 27 heavy (non-hydrogen) atoms. The number of aliphatic hydroxyl groups is 2. The average Bonchev–Trinajstić information content (AvgIpc) is 3.19. The lowest BCUT2D eigenvalue weighted by molar-refractivity contribution is -0.127. The van der Waals surface area contributed by atoms with Gasteiger partial charge in [0.05, 0.1) is 11.3 Å². The first kappa shape index (κ1) is 23.6. The van der Waals surface area contributed by atoms with Crippen LogP contribution < -0.4 is 5.73 Å². The van der Waals surface area contributed by atoms with Crippen molar-refractivity contribution in [1.82, 2.24) is 14.5 Å². The fraction of sp³-hybridized carbons (Fsp3) is 0.611. The molecule has 2 heterocycles. The van der Waals surface area contributed by atoms with Crippen LogP contribution in [0, 0.1) is 12.8 Å². The van der Waals surface area contributed by atoms with Crippen LogP contribution in [0.3, 0.4) is 0 Å². The highest BCUT2D eigenvalue weighted by molar-refractivity contribution is 6.38. The van der Waals surface area contributed by atoms with E-state index in [2.05, 4.69) is 9.97 Å². The Morgan fingerprint density at radius 3 is 2.33 bits per heavy atom. The van der Waals surface area contributed by atoms with Gasteiger partial charge in [0.25, 0.3) is 0 Å². The molecule has 7 nitrogen and oxygen atoms in total. The summed E-state index contributed by atoms with van der Waals surface area (Å²) < 4.78 is 1.95. The Bertz CT molecular complexity index is 781. The summed E-state index contributed by atoms with van der Waals surface area (Å²) >= 11 is 12.4. The molecular formula is C18H28Cl2N4O3. The quantitative estimate of drug-likeness (QED) is 0.508. The standard InChI is InChI=1S/C13H14Cl2N4O.C3H8O2.C2H6/c1-6-9(14)10-13(18-11(6)15)19(5-17-10)8-3-2-7(4-8)12(16)20;1-3(2,4)5;1-2/h5,7-8H,2-4H2,1H3,(H2,16,20);4-5H,1-2H3;1-2H3. The molecule has 2 aromatic rings. The largest absolute Gasteiger partial charge is 0.369 e. The smallest absolute Gasteiger partial charge is 0.220 e. The number of amides is 1. The van der Waals surface area contributed by atoms with Gasteiger partial charge in [-0.3, -0.25) is 4.79 Å². The van der Waals surface area contributed by atoms with E-state index in [1.54, 1.807) is 6.33 Å². The molecule has 0 spiro atoms. The van der Waals surface area contributed by atoms with Gasteiger partial charge in [0.2, 0.25) is 5.91 Å². The van der Waals surface area contributed by atoms with Crippen LogP contribution in [0.4, 0.5) is 0 Å². The number of halogens is 2. The summed E-state index contributed by atoms with van der Waals surface area (Å²) in [4.78, 5) is 20.0. The number of rotatable bonds is 2. The van der Waals surface area contributed by atoms with E-state index in [-0.39, 0.29) is 17.9 Å². The maximum Gasteiger partial charge on any atom is 0.220 e. The molecule has 1 amide bonds. The summed E-state index contributed by atoms with van der Waals surface area (Å²) in [7, 11) is 0. The molecule has 2 atom stereocenters. The van der Waals surface area contributed by atoms with Gasteiger partial charge in [0.15, 0.2) is 11.4 Å². The van der Waals surface area contributed by atoms with Crippen LogP contribution in [0.25, 0.3) is 11.2 Å². The van der Waals surface area contributed by atoms with Gasteiger partial charge in [0.1, 0.15) is 10.7 Å². The van der Waals surface area contributed by atoms with Crippen molar-refractivity contribution in [2.45, 2.75) is 65.7 Å². The minimum absolute atomic E-state index is 0.0751. The summed E-state index contributed by atoms with van der Waals surface area (Å²) in [5.41, 5.74) is 7.42. The van der Waals surface area contributed by atoms with Gasteiger partial charge < -0.3 is 20.5 Å². The summed E-state index contributed by atoms with van der Waals surface area (Å²) in [6, 6.07) is 0.167. The van der Waals surface area contributed by atoms with Crippen LogP contribution in [-0.4, -0.2) is 36.4 Å². The summed E-state index contributed by atoms with van der Waals surface area (Å²) in [5.74, 6) is -1.81. The number of hydrogen-bond donors (Lipinski definition) is 3. The molecule has 1 fully saturated rings. The van der Waals surface area contributed by atoms with E-state index >= 15 is 0 Å². The van der Waals surface area contributed by atoms with E-state index in [4.69, 9.17) is 39.1 Å². The first-order chi connectivity index (χ1) is 12.5. The second kappa shape index (κ2) is 9.68.